The topological polar surface area (TPSA) is 52.9 Å². The Labute approximate surface area is 137 Å². The zero-order chi connectivity index (χ0) is 16.5. The Morgan fingerprint density at radius 1 is 0.818 bits per heavy atom. The van der Waals surface area contributed by atoms with E-state index in [-0.39, 0.29) is 6.61 Å². The summed E-state index contributed by atoms with van der Waals surface area (Å²) >= 11 is 0. The number of nitrogens with zero attached hydrogens (tertiary/aromatic N) is 1. The second kappa shape index (κ2) is 17.2. The van der Waals surface area contributed by atoms with E-state index in [1.165, 1.54) is 64.2 Å². The molecule has 4 nitrogen and oxygen atoms in total. The molecule has 0 fully saturated rings. The summed E-state index contributed by atoms with van der Waals surface area (Å²) in [5, 5.41) is 18.1. The maximum atomic E-state index is 9.07. The van der Waals surface area contributed by atoms with Crippen LogP contribution in [-0.4, -0.2) is 54.3 Å². The normalized spacial score (nSPS) is 13.0. The highest BCUT2D eigenvalue weighted by Crippen LogP contribution is 2.10. The van der Waals surface area contributed by atoms with Crippen LogP contribution in [0, 0.1) is 0 Å². The summed E-state index contributed by atoms with van der Waals surface area (Å²) in [6.07, 6.45) is 12.7. The number of ether oxygens (including phenoxy) is 1. The average Bonchev–Trinajstić information content (AvgIpc) is 2.48. The summed E-state index contributed by atoms with van der Waals surface area (Å²) in [5.74, 6) is 0. The predicted octanol–water partition coefficient (Wildman–Crippen LogP) is 3.56. The van der Waals surface area contributed by atoms with Gasteiger partial charge in [-0.05, 0) is 19.9 Å². The van der Waals surface area contributed by atoms with Crippen molar-refractivity contribution in [1.29, 1.82) is 0 Å². The van der Waals surface area contributed by atoms with Gasteiger partial charge in [-0.25, -0.2) is 0 Å². The van der Waals surface area contributed by atoms with Gasteiger partial charge >= 0.3 is 0 Å². The Morgan fingerprint density at radius 3 is 1.86 bits per heavy atom. The second-order valence-corrected chi connectivity index (χ2v) is 6.22. The van der Waals surface area contributed by atoms with Gasteiger partial charge in [0.2, 0.25) is 0 Å². The quantitative estimate of drug-likeness (QED) is 0.318. The standard InChI is InChI=1S/C18H39NO3/c1-3-4-5-6-7-8-9-10-11-12-13-19(14-16-20)15-17-22-18(2)21/h18,20-21H,3-17H2,1-2H3. The SMILES string of the molecule is CCCCCCCCCCCCN(CCO)CCOC(C)O. The average molecular weight is 318 g/mol. The second-order valence-electron chi connectivity index (χ2n) is 6.22. The number of hydrogen-bond acceptors (Lipinski definition) is 4. The first-order valence-corrected chi connectivity index (χ1v) is 9.33. The van der Waals surface area contributed by atoms with E-state index in [1.807, 2.05) is 0 Å². The van der Waals surface area contributed by atoms with E-state index in [4.69, 9.17) is 14.9 Å². The van der Waals surface area contributed by atoms with Crippen molar-refractivity contribution in [2.75, 3.05) is 32.8 Å². The van der Waals surface area contributed by atoms with Gasteiger partial charge in [0.05, 0.1) is 13.2 Å². The van der Waals surface area contributed by atoms with Crippen LogP contribution in [-0.2, 0) is 4.74 Å². The van der Waals surface area contributed by atoms with Crippen molar-refractivity contribution in [3.05, 3.63) is 0 Å². The van der Waals surface area contributed by atoms with Gasteiger partial charge in [-0.3, -0.25) is 4.90 Å². The molecule has 0 aliphatic carbocycles. The third-order valence-corrected chi connectivity index (χ3v) is 4.01. The molecule has 4 heteroatoms. The molecule has 134 valence electrons. The third-order valence-electron chi connectivity index (χ3n) is 4.01. The molecule has 0 aromatic rings. The Morgan fingerprint density at radius 2 is 1.36 bits per heavy atom. The van der Waals surface area contributed by atoms with Crippen molar-refractivity contribution < 1.29 is 14.9 Å². The molecule has 22 heavy (non-hydrogen) atoms. The van der Waals surface area contributed by atoms with E-state index in [9.17, 15) is 0 Å². The maximum absolute atomic E-state index is 9.07. The van der Waals surface area contributed by atoms with Crippen LogP contribution in [0.2, 0.25) is 0 Å². The Hall–Kier alpha value is -0.160. The van der Waals surface area contributed by atoms with Crippen LogP contribution >= 0.6 is 0 Å². The lowest BCUT2D eigenvalue weighted by atomic mass is 10.1. The fourth-order valence-corrected chi connectivity index (χ4v) is 2.65. The summed E-state index contributed by atoms with van der Waals surface area (Å²) in [4.78, 5) is 2.22. The Bertz CT molecular complexity index is 213. The van der Waals surface area contributed by atoms with Gasteiger partial charge in [0.1, 0.15) is 0 Å². The maximum Gasteiger partial charge on any atom is 0.151 e. The minimum absolute atomic E-state index is 0.187. The smallest absolute Gasteiger partial charge is 0.151 e. The Balaban J connectivity index is 3.40. The Kier molecular flexibility index (Phi) is 17.1. The number of aliphatic hydroxyl groups is 2. The monoisotopic (exact) mass is 317 g/mol. The molecule has 0 aromatic heterocycles. The van der Waals surface area contributed by atoms with Crippen LogP contribution in [0.15, 0.2) is 0 Å². The lowest BCUT2D eigenvalue weighted by Gasteiger charge is -2.21. The molecule has 1 atom stereocenters. The molecule has 0 radical (unpaired) electrons. The van der Waals surface area contributed by atoms with Crippen molar-refractivity contribution in [3.63, 3.8) is 0 Å². The van der Waals surface area contributed by atoms with Gasteiger partial charge in [0, 0.05) is 13.1 Å². The molecule has 0 rings (SSSR count). The highest BCUT2D eigenvalue weighted by molar-refractivity contribution is 4.58. The van der Waals surface area contributed by atoms with Crippen LogP contribution in [0.4, 0.5) is 0 Å². The molecule has 0 aliphatic heterocycles. The minimum Gasteiger partial charge on any atom is -0.395 e. The van der Waals surface area contributed by atoms with E-state index in [0.29, 0.717) is 13.2 Å². The molecule has 0 bridgehead atoms. The van der Waals surface area contributed by atoms with Gasteiger partial charge in [-0.1, -0.05) is 64.7 Å². The largest absolute Gasteiger partial charge is 0.395 e. The van der Waals surface area contributed by atoms with Gasteiger partial charge in [-0.15, -0.1) is 0 Å². The van der Waals surface area contributed by atoms with Gasteiger partial charge < -0.3 is 14.9 Å². The van der Waals surface area contributed by atoms with Crippen LogP contribution in [0.1, 0.15) is 78.1 Å². The van der Waals surface area contributed by atoms with E-state index in [2.05, 4.69) is 11.8 Å². The van der Waals surface area contributed by atoms with Gasteiger partial charge in [-0.2, -0.15) is 0 Å². The number of rotatable bonds is 17. The molecule has 1 unspecified atom stereocenters. The first-order valence-electron chi connectivity index (χ1n) is 9.33. The van der Waals surface area contributed by atoms with Crippen LogP contribution in [0.25, 0.3) is 0 Å². The molecule has 0 aromatic carbocycles. The molecular formula is C18H39NO3. The van der Waals surface area contributed by atoms with E-state index in [0.717, 1.165) is 13.1 Å². The molecular weight excluding hydrogens is 278 g/mol. The number of aliphatic hydroxyl groups excluding tert-OH is 2. The summed E-state index contributed by atoms with van der Waals surface area (Å²) in [7, 11) is 0. The fourth-order valence-electron chi connectivity index (χ4n) is 2.65. The van der Waals surface area contributed by atoms with Crippen molar-refractivity contribution in [1.82, 2.24) is 4.90 Å². The third kappa shape index (κ3) is 16.2. The summed E-state index contributed by atoms with van der Waals surface area (Å²) in [6.45, 7) is 7.08. The van der Waals surface area contributed by atoms with E-state index in [1.54, 1.807) is 6.92 Å². The first kappa shape index (κ1) is 21.8. The molecule has 0 spiro atoms. The van der Waals surface area contributed by atoms with Crippen molar-refractivity contribution in [2.24, 2.45) is 0 Å². The lowest BCUT2D eigenvalue weighted by Crippen LogP contribution is -2.32. The fraction of sp³-hybridized carbons (Fsp3) is 1.00. The summed E-state index contributed by atoms with van der Waals surface area (Å²) in [6, 6.07) is 0. The van der Waals surface area contributed by atoms with Crippen LogP contribution in [0.5, 0.6) is 0 Å². The van der Waals surface area contributed by atoms with Crippen molar-refractivity contribution in [3.8, 4) is 0 Å². The molecule has 0 heterocycles. The zero-order valence-electron chi connectivity index (χ0n) is 14.9. The first-order chi connectivity index (χ1) is 10.7. The molecule has 0 saturated heterocycles. The molecule has 0 amide bonds. The summed E-state index contributed by atoms with van der Waals surface area (Å²) in [5.41, 5.74) is 0. The molecule has 2 N–H and O–H groups in total. The molecule has 0 saturated carbocycles. The van der Waals surface area contributed by atoms with Crippen molar-refractivity contribution >= 4 is 0 Å². The van der Waals surface area contributed by atoms with Crippen molar-refractivity contribution in [2.45, 2.75) is 84.3 Å². The highest BCUT2D eigenvalue weighted by Gasteiger charge is 2.05. The van der Waals surface area contributed by atoms with E-state index < -0.39 is 6.29 Å². The number of unbranched alkanes of at least 4 members (excludes halogenated alkanes) is 9. The van der Waals surface area contributed by atoms with E-state index >= 15 is 0 Å². The molecule has 0 aliphatic rings. The summed E-state index contributed by atoms with van der Waals surface area (Å²) < 4.78 is 5.15. The van der Waals surface area contributed by atoms with Gasteiger partial charge in [0.25, 0.3) is 0 Å². The van der Waals surface area contributed by atoms with Gasteiger partial charge in [0.15, 0.2) is 6.29 Å². The highest BCUT2D eigenvalue weighted by atomic mass is 16.6. The minimum atomic E-state index is -0.701. The zero-order valence-corrected chi connectivity index (χ0v) is 14.9. The lowest BCUT2D eigenvalue weighted by molar-refractivity contribution is -0.0896. The van der Waals surface area contributed by atoms with Crippen LogP contribution < -0.4 is 0 Å². The number of hydrogen-bond donors (Lipinski definition) is 2. The predicted molar refractivity (Wildman–Crippen MR) is 93.0 cm³/mol. The van der Waals surface area contributed by atoms with Crippen LogP contribution in [0.3, 0.4) is 0 Å².